The second kappa shape index (κ2) is 8.28. The number of rotatable bonds is 5. The van der Waals surface area contributed by atoms with E-state index in [9.17, 15) is 4.79 Å². The van der Waals surface area contributed by atoms with Crippen LogP contribution in [0, 0.1) is 5.92 Å². The zero-order chi connectivity index (χ0) is 14.3. The highest BCUT2D eigenvalue weighted by Crippen LogP contribution is 2.27. The first-order chi connectivity index (χ1) is 8.47. The zero-order valence-electron chi connectivity index (χ0n) is 13.1. The fourth-order valence-electron chi connectivity index (χ4n) is 2.53. The van der Waals surface area contributed by atoms with Gasteiger partial charge in [-0.25, -0.2) is 0 Å². The minimum Gasteiger partial charge on any atom is -0.339 e. The molecule has 102 valence electrons. The van der Waals surface area contributed by atoms with Crippen LogP contribution in [0.25, 0.3) is 0 Å². The molecule has 0 saturated heterocycles. The van der Waals surface area contributed by atoms with Crippen LogP contribution < -0.4 is 0 Å². The van der Waals surface area contributed by atoms with Gasteiger partial charge in [0.2, 0.25) is 0 Å². The summed E-state index contributed by atoms with van der Waals surface area (Å²) < 4.78 is 0. The van der Waals surface area contributed by atoms with E-state index in [0.29, 0.717) is 24.4 Å². The molecule has 1 heterocycles. The summed E-state index contributed by atoms with van der Waals surface area (Å²) in [5, 5.41) is 0. The van der Waals surface area contributed by atoms with Gasteiger partial charge in [-0.3, -0.25) is 0 Å². The van der Waals surface area contributed by atoms with Crippen LogP contribution >= 0.6 is 0 Å². The van der Waals surface area contributed by atoms with Gasteiger partial charge in [0, 0.05) is 18.5 Å². The number of allylic oxidation sites excluding steroid dienone is 2. The van der Waals surface area contributed by atoms with E-state index in [0.717, 1.165) is 12.1 Å². The van der Waals surface area contributed by atoms with E-state index >= 15 is 0 Å². The van der Waals surface area contributed by atoms with Crippen LogP contribution in [0.2, 0.25) is 6.32 Å². The third-order valence-corrected chi connectivity index (χ3v) is 3.19. The van der Waals surface area contributed by atoms with Crippen LogP contribution in [0.15, 0.2) is 15.9 Å². The first-order valence-corrected chi connectivity index (χ1v) is 7.24. The van der Waals surface area contributed by atoms with Crippen LogP contribution in [-0.2, 0) is 4.79 Å². The molecule has 0 N–H and O–H groups in total. The molecule has 0 aromatic carbocycles. The van der Waals surface area contributed by atoms with Crippen molar-refractivity contribution in [3.63, 3.8) is 0 Å². The summed E-state index contributed by atoms with van der Waals surface area (Å²) in [6.07, 6.45) is 2.22. The summed E-state index contributed by atoms with van der Waals surface area (Å²) >= 11 is 0. The maximum absolute atomic E-state index is 11.6. The Morgan fingerprint density at radius 2 is 1.83 bits per heavy atom. The van der Waals surface area contributed by atoms with Crippen molar-refractivity contribution in [2.45, 2.75) is 67.6 Å². The number of Topliss-reactive ketones (excluding diaryl/α,β-unsaturated/α-hetero) is 1. The maximum Gasteiger partial charge on any atom is 0.315 e. The smallest absolute Gasteiger partial charge is 0.315 e. The number of hydrogen-bond donors (Lipinski definition) is 0. The molecule has 0 amide bonds. The second-order valence-electron chi connectivity index (χ2n) is 4.97. The SMILES string of the molecule is CC.CCCC(=O)CB1N=C(C)C(C(C)C)=C1C. The standard InChI is InChI=1S/C13H22BNO.C2H6/c1-6-7-12(16)8-14-10(4)13(9(2)3)11(5)15-14;1-2/h9H,6-8H2,1-5H3;1-2H3. The highest BCUT2D eigenvalue weighted by atomic mass is 16.1. The van der Waals surface area contributed by atoms with Crippen LogP contribution in [0.4, 0.5) is 0 Å². The van der Waals surface area contributed by atoms with Crippen LogP contribution in [-0.4, -0.2) is 18.3 Å². The molecule has 2 nitrogen and oxygen atoms in total. The average molecular weight is 249 g/mol. The first-order valence-electron chi connectivity index (χ1n) is 7.24. The number of carbonyl (C=O) groups excluding carboxylic acids is 1. The van der Waals surface area contributed by atoms with Gasteiger partial charge >= 0.3 is 6.85 Å². The van der Waals surface area contributed by atoms with Gasteiger partial charge in [-0.15, -0.1) is 0 Å². The van der Waals surface area contributed by atoms with Crippen molar-refractivity contribution in [3.8, 4) is 0 Å². The second-order valence-corrected chi connectivity index (χ2v) is 4.97. The predicted molar refractivity (Wildman–Crippen MR) is 82.5 cm³/mol. The van der Waals surface area contributed by atoms with E-state index in [1.807, 2.05) is 20.8 Å². The molecule has 0 aliphatic carbocycles. The Kier molecular flexibility index (Phi) is 7.89. The highest BCUT2D eigenvalue weighted by Gasteiger charge is 2.29. The van der Waals surface area contributed by atoms with Crippen LogP contribution in [0.1, 0.15) is 61.3 Å². The topological polar surface area (TPSA) is 29.4 Å². The van der Waals surface area contributed by atoms with E-state index in [1.165, 1.54) is 11.0 Å². The molecular weight excluding hydrogens is 221 g/mol. The van der Waals surface area contributed by atoms with Crippen molar-refractivity contribution >= 4 is 18.3 Å². The summed E-state index contributed by atoms with van der Waals surface area (Å²) in [7, 11) is 0. The van der Waals surface area contributed by atoms with E-state index in [2.05, 4.69) is 32.6 Å². The molecule has 0 bridgehead atoms. The number of ketones is 1. The van der Waals surface area contributed by atoms with Crippen molar-refractivity contribution in [2.24, 2.45) is 10.8 Å². The first kappa shape index (κ1) is 17.1. The highest BCUT2D eigenvalue weighted by molar-refractivity contribution is 6.72. The Labute approximate surface area is 113 Å². The van der Waals surface area contributed by atoms with Gasteiger partial charge in [-0.05, 0) is 31.8 Å². The van der Waals surface area contributed by atoms with Gasteiger partial charge in [0.05, 0.1) is 0 Å². The average Bonchev–Trinajstić information content (AvgIpc) is 2.57. The molecule has 0 aromatic rings. The van der Waals surface area contributed by atoms with Crippen LogP contribution in [0.3, 0.4) is 0 Å². The summed E-state index contributed by atoms with van der Waals surface area (Å²) in [6, 6.07) is 0. The van der Waals surface area contributed by atoms with Crippen molar-refractivity contribution in [1.82, 2.24) is 0 Å². The van der Waals surface area contributed by atoms with E-state index in [1.54, 1.807) is 0 Å². The quantitative estimate of drug-likeness (QED) is 0.665. The number of hydrogen-bond acceptors (Lipinski definition) is 2. The normalized spacial score (nSPS) is 14.7. The van der Waals surface area contributed by atoms with Gasteiger partial charge in [-0.1, -0.05) is 40.1 Å². The van der Waals surface area contributed by atoms with E-state index in [4.69, 9.17) is 0 Å². The lowest BCUT2D eigenvalue weighted by Crippen LogP contribution is -2.15. The minimum atomic E-state index is 0.122. The molecule has 0 radical (unpaired) electrons. The molecular formula is C15H28BNO. The summed E-state index contributed by atoms with van der Waals surface area (Å²) in [5.74, 6) is 0.850. The van der Waals surface area contributed by atoms with Gasteiger partial charge in [0.25, 0.3) is 0 Å². The predicted octanol–water partition coefficient (Wildman–Crippen LogP) is 4.36. The summed E-state index contributed by atoms with van der Waals surface area (Å²) in [6.45, 7) is 14.7. The Morgan fingerprint density at radius 1 is 1.28 bits per heavy atom. The maximum atomic E-state index is 11.6. The third kappa shape index (κ3) is 4.43. The molecule has 0 aromatic heterocycles. The third-order valence-electron chi connectivity index (χ3n) is 3.19. The molecule has 1 rings (SSSR count). The molecule has 0 spiro atoms. The molecule has 0 fully saturated rings. The molecule has 18 heavy (non-hydrogen) atoms. The largest absolute Gasteiger partial charge is 0.339 e. The Morgan fingerprint density at radius 3 is 2.22 bits per heavy atom. The fraction of sp³-hybridized carbons (Fsp3) is 0.733. The Bertz CT molecular complexity index is 342. The van der Waals surface area contributed by atoms with Gasteiger partial charge < -0.3 is 9.70 Å². The number of carbonyl (C=O) groups is 1. The molecule has 0 atom stereocenters. The lowest BCUT2D eigenvalue weighted by atomic mass is 9.53. The van der Waals surface area contributed by atoms with E-state index in [-0.39, 0.29) is 6.85 Å². The Balaban J connectivity index is 0.00000137. The van der Waals surface area contributed by atoms with Crippen molar-refractivity contribution in [2.75, 3.05) is 0 Å². The van der Waals surface area contributed by atoms with Crippen LogP contribution in [0.5, 0.6) is 0 Å². The zero-order valence-corrected chi connectivity index (χ0v) is 13.1. The molecule has 3 heteroatoms. The van der Waals surface area contributed by atoms with Crippen molar-refractivity contribution < 1.29 is 4.79 Å². The number of nitrogens with zero attached hydrogens (tertiary/aromatic N) is 1. The fourth-order valence-corrected chi connectivity index (χ4v) is 2.53. The summed E-state index contributed by atoms with van der Waals surface area (Å²) in [4.78, 5) is 16.3. The van der Waals surface area contributed by atoms with Gasteiger partial charge in [0.1, 0.15) is 5.78 Å². The molecule has 0 unspecified atom stereocenters. The molecule has 1 aliphatic rings. The Hall–Kier alpha value is -0.855. The van der Waals surface area contributed by atoms with Gasteiger partial charge in [0.15, 0.2) is 0 Å². The van der Waals surface area contributed by atoms with Crippen molar-refractivity contribution in [1.29, 1.82) is 0 Å². The monoisotopic (exact) mass is 249 g/mol. The van der Waals surface area contributed by atoms with E-state index < -0.39 is 0 Å². The van der Waals surface area contributed by atoms with Gasteiger partial charge in [-0.2, -0.15) is 0 Å². The van der Waals surface area contributed by atoms with Crippen molar-refractivity contribution in [3.05, 3.63) is 11.0 Å². The lowest BCUT2D eigenvalue weighted by Gasteiger charge is -2.10. The minimum absolute atomic E-state index is 0.122. The molecule has 1 aliphatic heterocycles. The molecule has 0 saturated carbocycles. The lowest BCUT2D eigenvalue weighted by molar-refractivity contribution is -0.117. The summed E-state index contributed by atoms with van der Waals surface area (Å²) in [5.41, 5.74) is 3.79.